The van der Waals surface area contributed by atoms with Crippen LogP contribution >= 0.6 is 11.3 Å². The number of carboxylic acids is 1. The van der Waals surface area contributed by atoms with E-state index < -0.39 is 5.97 Å². The first kappa shape index (κ1) is 17.4. The van der Waals surface area contributed by atoms with Crippen LogP contribution in [0.2, 0.25) is 0 Å². The molecule has 0 spiro atoms. The van der Waals surface area contributed by atoms with Gasteiger partial charge < -0.3 is 14.9 Å². The van der Waals surface area contributed by atoms with Crippen molar-refractivity contribution in [3.63, 3.8) is 0 Å². The minimum atomic E-state index is -0.800. The lowest BCUT2D eigenvalue weighted by molar-refractivity contribution is -0.146. The molecular weight excluding hydrogens is 318 g/mol. The normalized spacial score (nSPS) is 15.4. The second-order valence-electron chi connectivity index (χ2n) is 5.72. The summed E-state index contributed by atoms with van der Waals surface area (Å²) in [5.41, 5.74) is 2.62. The van der Waals surface area contributed by atoms with Crippen molar-refractivity contribution in [1.29, 1.82) is 0 Å². The molecule has 126 valence electrons. The van der Waals surface area contributed by atoms with Gasteiger partial charge in [0.15, 0.2) is 0 Å². The number of carbonyl (C=O) groups excluding carboxylic acids is 2. The summed E-state index contributed by atoms with van der Waals surface area (Å²) in [6.07, 6.45) is 1.85. The van der Waals surface area contributed by atoms with E-state index in [9.17, 15) is 14.4 Å². The maximum absolute atomic E-state index is 12.2. The highest BCUT2D eigenvalue weighted by molar-refractivity contribution is 7.07. The lowest BCUT2D eigenvalue weighted by Gasteiger charge is -2.31. The largest absolute Gasteiger partial charge is 0.481 e. The summed E-state index contributed by atoms with van der Waals surface area (Å²) in [5.74, 6) is -1.38. The Hall–Kier alpha value is -1.96. The Kier molecular flexibility index (Phi) is 6.09. The van der Waals surface area contributed by atoms with Crippen molar-refractivity contribution in [1.82, 2.24) is 14.8 Å². The molecule has 0 bridgehead atoms. The zero-order valence-electron chi connectivity index (χ0n) is 13.1. The van der Waals surface area contributed by atoms with Crippen LogP contribution < -0.4 is 0 Å². The summed E-state index contributed by atoms with van der Waals surface area (Å²) in [7, 11) is 1.62. The number of likely N-dealkylation sites (N-methyl/N-ethyl adjacent to an activating group) is 1. The number of thiazole rings is 1. The summed E-state index contributed by atoms with van der Waals surface area (Å²) in [6.45, 7) is 0.918. The van der Waals surface area contributed by atoms with E-state index in [0.717, 1.165) is 5.69 Å². The van der Waals surface area contributed by atoms with E-state index in [1.54, 1.807) is 17.5 Å². The number of hydrogen-bond donors (Lipinski definition) is 1. The fourth-order valence-electron chi connectivity index (χ4n) is 2.55. The number of nitrogens with zero attached hydrogens (tertiary/aromatic N) is 3. The SMILES string of the molecule is CN(CC(=O)N1CCC(C(=O)O)CC1)C(=O)CCc1cscn1. The van der Waals surface area contributed by atoms with Crippen molar-refractivity contribution in [2.45, 2.75) is 25.7 Å². The molecule has 2 rings (SSSR count). The topological polar surface area (TPSA) is 90.8 Å². The van der Waals surface area contributed by atoms with Crippen molar-refractivity contribution in [3.8, 4) is 0 Å². The Labute approximate surface area is 138 Å². The highest BCUT2D eigenvalue weighted by atomic mass is 32.1. The zero-order valence-corrected chi connectivity index (χ0v) is 13.9. The van der Waals surface area contributed by atoms with E-state index in [1.165, 1.54) is 16.2 Å². The molecule has 0 aromatic carbocycles. The molecule has 2 heterocycles. The van der Waals surface area contributed by atoms with Crippen LogP contribution in [0.5, 0.6) is 0 Å². The Bertz CT molecular complexity index is 553. The predicted octanol–water partition coefficient (Wildman–Crippen LogP) is 0.857. The van der Waals surface area contributed by atoms with Crippen LogP contribution in [0.25, 0.3) is 0 Å². The molecular formula is C15H21N3O4S. The summed E-state index contributed by atoms with van der Waals surface area (Å²) in [4.78, 5) is 42.4. The Morgan fingerprint density at radius 3 is 2.65 bits per heavy atom. The molecule has 1 aliphatic heterocycles. The molecule has 8 heteroatoms. The van der Waals surface area contributed by atoms with Crippen molar-refractivity contribution in [3.05, 3.63) is 16.6 Å². The molecule has 2 amide bonds. The standard InChI is InChI=1S/C15H21N3O4S/c1-17(13(19)3-2-12-9-23-10-16-12)8-14(20)18-6-4-11(5-7-18)15(21)22/h9-11H,2-8H2,1H3,(H,21,22). The Morgan fingerprint density at radius 1 is 1.39 bits per heavy atom. The van der Waals surface area contributed by atoms with Crippen LogP contribution in [0.3, 0.4) is 0 Å². The predicted molar refractivity (Wildman–Crippen MR) is 85.0 cm³/mol. The summed E-state index contributed by atoms with van der Waals surface area (Å²) >= 11 is 1.49. The van der Waals surface area contributed by atoms with E-state index in [4.69, 9.17) is 5.11 Å². The van der Waals surface area contributed by atoms with Gasteiger partial charge in [-0.15, -0.1) is 11.3 Å². The fraction of sp³-hybridized carbons (Fsp3) is 0.600. The summed E-state index contributed by atoms with van der Waals surface area (Å²) < 4.78 is 0. The third-order valence-electron chi connectivity index (χ3n) is 4.07. The first-order chi connectivity index (χ1) is 11.0. The number of likely N-dealkylation sites (tertiary alicyclic amines) is 1. The number of hydrogen-bond acceptors (Lipinski definition) is 5. The molecule has 0 aliphatic carbocycles. The van der Waals surface area contributed by atoms with E-state index in [0.29, 0.717) is 38.8 Å². The van der Waals surface area contributed by atoms with Crippen molar-refractivity contribution in [2.75, 3.05) is 26.7 Å². The van der Waals surface area contributed by atoms with Gasteiger partial charge in [-0.25, -0.2) is 4.98 Å². The van der Waals surface area contributed by atoms with Gasteiger partial charge in [-0.2, -0.15) is 0 Å². The monoisotopic (exact) mass is 339 g/mol. The van der Waals surface area contributed by atoms with Gasteiger partial charge in [-0.3, -0.25) is 14.4 Å². The quantitative estimate of drug-likeness (QED) is 0.830. The summed E-state index contributed by atoms with van der Waals surface area (Å²) in [5, 5.41) is 10.9. The van der Waals surface area contributed by atoms with Crippen LogP contribution in [-0.4, -0.2) is 64.4 Å². The number of carboxylic acid groups (broad SMARTS) is 1. The van der Waals surface area contributed by atoms with Crippen molar-refractivity contribution in [2.24, 2.45) is 5.92 Å². The average Bonchev–Trinajstić information content (AvgIpc) is 3.05. The number of aryl methyl sites for hydroxylation is 1. The molecule has 0 radical (unpaired) electrons. The van der Waals surface area contributed by atoms with Gasteiger partial charge in [0.05, 0.1) is 23.7 Å². The zero-order chi connectivity index (χ0) is 16.8. The summed E-state index contributed by atoms with van der Waals surface area (Å²) in [6, 6.07) is 0. The van der Waals surface area contributed by atoms with E-state index >= 15 is 0 Å². The number of rotatable bonds is 6. The Morgan fingerprint density at radius 2 is 2.09 bits per heavy atom. The molecule has 0 saturated carbocycles. The van der Waals surface area contributed by atoms with Gasteiger partial charge in [0.2, 0.25) is 11.8 Å². The number of piperidine rings is 1. The first-order valence-corrected chi connectivity index (χ1v) is 8.53. The van der Waals surface area contributed by atoms with Gasteiger partial charge in [-0.1, -0.05) is 0 Å². The van der Waals surface area contributed by atoms with Gasteiger partial charge in [0, 0.05) is 31.9 Å². The number of aliphatic carboxylic acids is 1. The minimum absolute atomic E-state index is 0.0354. The van der Waals surface area contributed by atoms with Gasteiger partial charge in [0.25, 0.3) is 0 Å². The van der Waals surface area contributed by atoms with Crippen molar-refractivity contribution < 1.29 is 19.5 Å². The Balaban J connectivity index is 1.73. The number of amides is 2. The lowest BCUT2D eigenvalue weighted by atomic mass is 9.97. The first-order valence-electron chi connectivity index (χ1n) is 7.59. The van der Waals surface area contributed by atoms with Gasteiger partial charge in [0.1, 0.15) is 0 Å². The van der Waals surface area contributed by atoms with E-state index in [1.807, 2.05) is 5.38 Å². The number of carbonyl (C=O) groups is 3. The lowest BCUT2D eigenvalue weighted by Crippen LogP contribution is -2.45. The molecule has 23 heavy (non-hydrogen) atoms. The van der Waals surface area contributed by atoms with Gasteiger partial charge in [-0.05, 0) is 19.3 Å². The number of aromatic nitrogens is 1. The third-order valence-corrected chi connectivity index (χ3v) is 4.71. The van der Waals surface area contributed by atoms with Crippen LogP contribution in [0.15, 0.2) is 10.9 Å². The molecule has 1 saturated heterocycles. The fourth-order valence-corrected chi connectivity index (χ4v) is 3.15. The van der Waals surface area contributed by atoms with Crippen LogP contribution in [-0.2, 0) is 20.8 Å². The van der Waals surface area contributed by atoms with Crippen molar-refractivity contribution >= 4 is 29.1 Å². The molecule has 1 N–H and O–H groups in total. The smallest absolute Gasteiger partial charge is 0.306 e. The second-order valence-corrected chi connectivity index (χ2v) is 6.44. The highest BCUT2D eigenvalue weighted by Crippen LogP contribution is 2.17. The molecule has 1 fully saturated rings. The molecule has 1 aromatic rings. The molecule has 0 atom stereocenters. The molecule has 1 aliphatic rings. The average molecular weight is 339 g/mol. The van der Waals surface area contributed by atoms with E-state index in [-0.39, 0.29) is 24.3 Å². The highest BCUT2D eigenvalue weighted by Gasteiger charge is 2.27. The molecule has 7 nitrogen and oxygen atoms in total. The maximum Gasteiger partial charge on any atom is 0.306 e. The molecule has 0 unspecified atom stereocenters. The maximum atomic E-state index is 12.2. The van der Waals surface area contributed by atoms with Crippen LogP contribution in [0, 0.1) is 5.92 Å². The van der Waals surface area contributed by atoms with E-state index in [2.05, 4.69) is 4.98 Å². The van der Waals surface area contributed by atoms with Gasteiger partial charge >= 0.3 is 5.97 Å². The molecule has 1 aromatic heterocycles. The van der Waals surface area contributed by atoms with Crippen LogP contribution in [0.4, 0.5) is 0 Å². The van der Waals surface area contributed by atoms with Crippen LogP contribution in [0.1, 0.15) is 25.0 Å². The third kappa shape index (κ3) is 5.02. The minimum Gasteiger partial charge on any atom is -0.481 e. The second kappa shape index (κ2) is 8.05.